The van der Waals surface area contributed by atoms with E-state index >= 15 is 0 Å². The van der Waals surface area contributed by atoms with Gasteiger partial charge in [-0.3, -0.25) is 19.7 Å². The highest BCUT2D eigenvalue weighted by molar-refractivity contribution is 5.69. The maximum atomic E-state index is 12.6. The van der Waals surface area contributed by atoms with E-state index in [1.807, 2.05) is 0 Å². The molecule has 10 heteroatoms. The molecule has 306 valence electrons. The molecule has 0 fully saturated rings. The first-order valence-electron chi connectivity index (χ1n) is 21.7. The van der Waals surface area contributed by atoms with Crippen molar-refractivity contribution < 1.29 is 24.0 Å². The Hall–Kier alpha value is -2.36. The molecule has 1 unspecified atom stereocenters. The van der Waals surface area contributed by atoms with E-state index in [1.165, 1.54) is 57.8 Å². The van der Waals surface area contributed by atoms with Crippen LogP contribution in [0.25, 0.3) is 0 Å². The average Bonchev–Trinajstić information content (AvgIpc) is 3.12. The van der Waals surface area contributed by atoms with Crippen LogP contribution in [0.3, 0.4) is 0 Å². The van der Waals surface area contributed by atoms with Crippen LogP contribution in [0.4, 0.5) is 0 Å². The van der Waals surface area contributed by atoms with E-state index in [2.05, 4.69) is 36.3 Å². The molecule has 0 aromatic heterocycles. The summed E-state index contributed by atoms with van der Waals surface area (Å²) in [7, 11) is 1.68. The summed E-state index contributed by atoms with van der Waals surface area (Å²) in [6.07, 6.45) is 31.3. The largest absolute Gasteiger partial charge is 0.466 e. The quantitative estimate of drug-likeness (QED) is 0.0274. The number of unbranched alkanes of at least 4 members (excludes halogenated alkanes) is 18. The van der Waals surface area contributed by atoms with Crippen molar-refractivity contribution in [3.05, 3.63) is 22.1 Å². The number of ether oxygens (including phenoxy) is 2. The van der Waals surface area contributed by atoms with Crippen LogP contribution in [0, 0.1) is 10.1 Å². The normalized spacial score (nSPS) is 12.2. The van der Waals surface area contributed by atoms with Gasteiger partial charge in [-0.25, -0.2) is 0 Å². The number of nitro groups is 1. The molecule has 0 aliphatic rings. The first-order valence-corrected chi connectivity index (χ1v) is 21.7. The van der Waals surface area contributed by atoms with Crippen molar-refractivity contribution in [2.45, 2.75) is 207 Å². The number of nitrogens with one attached hydrogen (secondary N) is 2. The Morgan fingerprint density at radius 2 is 1.10 bits per heavy atom. The molecular weight excluding hydrogens is 656 g/mol. The number of nitrogens with zero attached hydrogens (tertiary/aromatic N) is 2. The Kier molecular flexibility index (Phi) is 36.6. The topological polar surface area (TPSA) is 123 Å². The standard InChI is InChI=1S/C42H82N4O6/c1-5-8-11-13-16-23-31-41(47)51-37-27-20-15-19-26-35-45(36-28-33-44-40(43-4)38-46(49)50)34-25-18-14-17-24-32-42(48)52-39(29-21-10-7-3)30-22-12-9-6-2/h38-39,43-44H,5-37H2,1-4H3/b40-38+. The molecule has 0 saturated carbocycles. The minimum Gasteiger partial charge on any atom is -0.466 e. The highest BCUT2D eigenvalue weighted by Crippen LogP contribution is 2.17. The van der Waals surface area contributed by atoms with E-state index < -0.39 is 4.92 Å². The third kappa shape index (κ3) is 34.7. The van der Waals surface area contributed by atoms with Crippen LogP contribution in [0.1, 0.15) is 201 Å². The van der Waals surface area contributed by atoms with Crippen LogP contribution in [0.15, 0.2) is 12.0 Å². The fourth-order valence-corrected chi connectivity index (χ4v) is 6.50. The Bertz CT molecular complexity index is 871. The predicted molar refractivity (Wildman–Crippen MR) is 216 cm³/mol. The van der Waals surface area contributed by atoms with Crippen LogP contribution in [-0.2, 0) is 19.1 Å². The molecule has 0 amide bonds. The molecule has 52 heavy (non-hydrogen) atoms. The van der Waals surface area contributed by atoms with Gasteiger partial charge in [-0.1, -0.05) is 124 Å². The van der Waals surface area contributed by atoms with Gasteiger partial charge in [0.05, 0.1) is 11.5 Å². The van der Waals surface area contributed by atoms with Gasteiger partial charge in [0, 0.05) is 26.4 Å². The summed E-state index contributed by atoms with van der Waals surface area (Å²) in [6.45, 7) is 10.9. The second-order valence-electron chi connectivity index (χ2n) is 14.7. The Balaban J connectivity index is 4.38. The number of carbonyl (C=O) groups excluding carboxylic acids is 2. The highest BCUT2D eigenvalue weighted by atomic mass is 16.6. The van der Waals surface area contributed by atoms with Gasteiger partial charge in [-0.15, -0.1) is 0 Å². The summed E-state index contributed by atoms with van der Waals surface area (Å²) in [4.78, 5) is 37.5. The van der Waals surface area contributed by atoms with Crippen LogP contribution in [-0.4, -0.2) is 67.7 Å². The minimum absolute atomic E-state index is 0.0178. The predicted octanol–water partition coefficient (Wildman–Crippen LogP) is 10.6. The first-order chi connectivity index (χ1) is 25.4. The zero-order valence-electron chi connectivity index (χ0n) is 34.3. The Morgan fingerprint density at radius 3 is 1.67 bits per heavy atom. The van der Waals surface area contributed by atoms with Gasteiger partial charge in [-0.2, -0.15) is 0 Å². The molecule has 1 atom stereocenters. The molecule has 0 saturated heterocycles. The Labute approximate surface area is 319 Å². The molecule has 0 rings (SSSR count). The zero-order valence-corrected chi connectivity index (χ0v) is 34.3. The average molecular weight is 739 g/mol. The van der Waals surface area contributed by atoms with Gasteiger partial charge in [0.2, 0.25) is 0 Å². The molecule has 0 heterocycles. The number of hydrogen-bond acceptors (Lipinski definition) is 9. The molecule has 0 radical (unpaired) electrons. The van der Waals surface area contributed by atoms with Crippen LogP contribution < -0.4 is 10.6 Å². The lowest BCUT2D eigenvalue weighted by Gasteiger charge is -2.22. The number of esters is 2. The molecule has 0 aromatic carbocycles. The van der Waals surface area contributed by atoms with Gasteiger partial charge in [-0.05, 0) is 83.8 Å². The van der Waals surface area contributed by atoms with E-state index in [-0.39, 0.29) is 18.0 Å². The van der Waals surface area contributed by atoms with Gasteiger partial charge >= 0.3 is 11.9 Å². The van der Waals surface area contributed by atoms with Gasteiger partial charge in [0.25, 0.3) is 6.20 Å². The van der Waals surface area contributed by atoms with Crippen molar-refractivity contribution in [1.29, 1.82) is 0 Å². The summed E-state index contributed by atoms with van der Waals surface area (Å²) in [6, 6.07) is 0. The summed E-state index contributed by atoms with van der Waals surface area (Å²) in [5.74, 6) is 0.358. The fraction of sp³-hybridized carbons (Fsp3) is 0.905. The maximum absolute atomic E-state index is 12.6. The minimum atomic E-state index is -0.449. The molecule has 10 nitrogen and oxygen atoms in total. The van der Waals surface area contributed by atoms with Crippen molar-refractivity contribution in [3.8, 4) is 0 Å². The van der Waals surface area contributed by atoms with Crippen molar-refractivity contribution >= 4 is 11.9 Å². The van der Waals surface area contributed by atoms with Crippen molar-refractivity contribution in [3.63, 3.8) is 0 Å². The lowest BCUT2D eigenvalue weighted by atomic mass is 10.0. The number of carbonyl (C=O) groups is 2. The van der Waals surface area contributed by atoms with E-state index in [4.69, 9.17) is 9.47 Å². The second-order valence-corrected chi connectivity index (χ2v) is 14.7. The van der Waals surface area contributed by atoms with Gasteiger partial charge in [0.15, 0.2) is 5.82 Å². The molecule has 0 bridgehead atoms. The summed E-state index contributed by atoms with van der Waals surface area (Å²) < 4.78 is 11.4. The third-order valence-corrected chi connectivity index (χ3v) is 9.75. The zero-order chi connectivity index (χ0) is 38.3. The molecule has 0 aromatic rings. The summed E-state index contributed by atoms with van der Waals surface area (Å²) in [5.41, 5.74) is 0. The molecule has 2 N–H and O–H groups in total. The SMILES string of the molecule is CCCCCCCCC(=O)OCCCCCCCN(CCCCCCCC(=O)OC(CCCCC)CCCCCC)CCCN/C(=C/[N+](=O)[O-])NC. The Morgan fingerprint density at radius 1 is 0.635 bits per heavy atom. The van der Waals surface area contributed by atoms with Crippen LogP contribution in [0.5, 0.6) is 0 Å². The first kappa shape index (κ1) is 49.6. The van der Waals surface area contributed by atoms with Crippen molar-refractivity contribution in [1.82, 2.24) is 15.5 Å². The summed E-state index contributed by atoms with van der Waals surface area (Å²) in [5, 5.41) is 16.8. The van der Waals surface area contributed by atoms with Gasteiger partial charge < -0.3 is 25.0 Å². The smallest absolute Gasteiger partial charge is 0.306 e. The van der Waals surface area contributed by atoms with E-state index in [0.29, 0.717) is 31.8 Å². The van der Waals surface area contributed by atoms with Gasteiger partial charge in [0.1, 0.15) is 6.10 Å². The molecule has 0 spiro atoms. The lowest BCUT2D eigenvalue weighted by molar-refractivity contribution is -0.404. The molecular formula is C42H82N4O6. The fourth-order valence-electron chi connectivity index (χ4n) is 6.50. The van der Waals surface area contributed by atoms with E-state index in [1.54, 1.807) is 7.05 Å². The maximum Gasteiger partial charge on any atom is 0.306 e. The van der Waals surface area contributed by atoms with E-state index in [9.17, 15) is 19.7 Å². The second kappa shape index (κ2) is 38.4. The van der Waals surface area contributed by atoms with E-state index in [0.717, 1.165) is 135 Å². The number of rotatable bonds is 40. The van der Waals surface area contributed by atoms with Crippen LogP contribution in [0.2, 0.25) is 0 Å². The highest BCUT2D eigenvalue weighted by Gasteiger charge is 2.14. The molecule has 0 aliphatic heterocycles. The lowest BCUT2D eigenvalue weighted by Crippen LogP contribution is -2.31. The van der Waals surface area contributed by atoms with Crippen molar-refractivity contribution in [2.75, 3.05) is 39.8 Å². The summed E-state index contributed by atoms with van der Waals surface area (Å²) >= 11 is 0. The van der Waals surface area contributed by atoms with Crippen LogP contribution >= 0.6 is 0 Å². The molecule has 0 aliphatic carbocycles. The van der Waals surface area contributed by atoms with Crippen molar-refractivity contribution in [2.24, 2.45) is 0 Å². The monoisotopic (exact) mass is 739 g/mol. The third-order valence-electron chi connectivity index (χ3n) is 9.75. The number of hydrogen-bond donors (Lipinski definition) is 2.